The van der Waals surface area contributed by atoms with Crippen LogP contribution in [0.5, 0.6) is 0 Å². The summed E-state index contributed by atoms with van der Waals surface area (Å²) in [5.74, 6) is -0.0204. The molecular formula is C15H15Cl4N3O2S. The Morgan fingerprint density at radius 3 is 2.36 bits per heavy atom. The lowest BCUT2D eigenvalue weighted by atomic mass is 10.3. The summed E-state index contributed by atoms with van der Waals surface area (Å²) in [4.78, 5) is 16.8. The number of nitrogens with one attached hydrogen (secondary N) is 1. The van der Waals surface area contributed by atoms with Gasteiger partial charge in [-0.15, -0.1) is 11.3 Å². The molecule has 1 aromatic heterocycles. The molecule has 0 aliphatic heterocycles. The number of hydrogen-bond donors (Lipinski definition) is 2. The minimum atomic E-state index is -1.55. The molecule has 0 fully saturated rings. The van der Waals surface area contributed by atoms with E-state index in [2.05, 4.69) is 15.3 Å². The predicted molar refractivity (Wildman–Crippen MR) is 107 cm³/mol. The van der Waals surface area contributed by atoms with Crippen molar-refractivity contribution in [3.63, 3.8) is 0 Å². The number of rotatable bonds is 3. The third-order valence-corrected chi connectivity index (χ3v) is 4.74. The molecular weight excluding hydrogens is 428 g/mol. The number of anilines is 1. The fourth-order valence-electron chi connectivity index (χ4n) is 1.44. The zero-order valence-electron chi connectivity index (χ0n) is 13.2. The number of amides is 1. The van der Waals surface area contributed by atoms with Gasteiger partial charge < -0.3 is 5.73 Å². The Hall–Kier alpha value is -1.18. The van der Waals surface area contributed by atoms with Crippen molar-refractivity contribution in [2.45, 2.75) is 17.6 Å². The molecule has 0 spiro atoms. The molecule has 0 bridgehead atoms. The Bertz CT molecular complexity index is 727. The van der Waals surface area contributed by atoms with Crippen LogP contribution in [-0.2, 0) is 8.63 Å². The molecule has 10 heteroatoms. The molecule has 2 rings (SSSR count). The summed E-state index contributed by atoms with van der Waals surface area (Å²) in [6.45, 7) is 4.00. The third kappa shape index (κ3) is 7.30. The van der Waals surface area contributed by atoms with E-state index < -0.39 is 9.89 Å². The standard InChI is InChI=1S/C13H9Cl4N3O2S.C2H6/c14-8-1-3-9(4-2-8)19-12(21)22-20-11(18)7-5-10(23-6-7)13(15,16)17;1-2/h1-6H,(H2,18,20)(H,19,21);1-2H3. The van der Waals surface area contributed by atoms with Crippen molar-refractivity contribution in [1.82, 2.24) is 0 Å². The molecule has 2 aromatic rings. The first-order chi connectivity index (χ1) is 11.8. The van der Waals surface area contributed by atoms with Gasteiger partial charge in [-0.05, 0) is 30.3 Å². The van der Waals surface area contributed by atoms with E-state index in [9.17, 15) is 4.79 Å². The van der Waals surface area contributed by atoms with Gasteiger partial charge in [0.05, 0.1) is 4.88 Å². The Labute approximate surface area is 169 Å². The van der Waals surface area contributed by atoms with Gasteiger partial charge in [-0.25, -0.2) is 4.79 Å². The molecule has 1 amide bonds. The number of alkyl halides is 3. The number of carbonyl (C=O) groups excluding carboxylic acids is 1. The highest BCUT2D eigenvalue weighted by atomic mass is 35.6. The van der Waals surface area contributed by atoms with Crippen LogP contribution in [0.25, 0.3) is 0 Å². The summed E-state index contributed by atoms with van der Waals surface area (Å²) >= 11 is 24.2. The molecule has 0 radical (unpaired) electrons. The zero-order valence-corrected chi connectivity index (χ0v) is 17.1. The van der Waals surface area contributed by atoms with Gasteiger partial charge in [-0.2, -0.15) is 0 Å². The van der Waals surface area contributed by atoms with Crippen LogP contribution in [0.3, 0.4) is 0 Å². The van der Waals surface area contributed by atoms with Crippen LogP contribution in [0.4, 0.5) is 10.5 Å². The normalized spacial score (nSPS) is 11.4. The minimum absolute atomic E-state index is 0.0204. The van der Waals surface area contributed by atoms with E-state index in [1.807, 2.05) is 13.8 Å². The number of halogens is 4. The van der Waals surface area contributed by atoms with Crippen molar-refractivity contribution in [2.75, 3.05) is 5.32 Å². The SMILES string of the molecule is CC.N/C(=N/OC(=O)Nc1ccc(Cl)cc1)c1csc(C(Cl)(Cl)Cl)c1. The fourth-order valence-corrected chi connectivity index (χ4v) is 2.90. The number of oxime groups is 1. The summed E-state index contributed by atoms with van der Waals surface area (Å²) in [5.41, 5.74) is 6.70. The van der Waals surface area contributed by atoms with Crippen LogP contribution in [0, 0.1) is 0 Å². The van der Waals surface area contributed by atoms with Gasteiger partial charge in [-0.3, -0.25) is 10.2 Å². The quantitative estimate of drug-likeness (QED) is 0.197. The van der Waals surface area contributed by atoms with E-state index in [4.69, 9.17) is 52.1 Å². The number of nitrogens with two attached hydrogens (primary N) is 1. The second-order valence-electron chi connectivity index (χ2n) is 4.18. The van der Waals surface area contributed by atoms with Crippen molar-refractivity contribution in [1.29, 1.82) is 0 Å². The minimum Gasteiger partial charge on any atom is -0.380 e. The van der Waals surface area contributed by atoms with Crippen LogP contribution < -0.4 is 11.1 Å². The number of hydrogen-bond acceptors (Lipinski definition) is 4. The van der Waals surface area contributed by atoms with Gasteiger partial charge in [0.15, 0.2) is 5.84 Å². The number of nitrogens with zero attached hydrogens (tertiary/aromatic N) is 1. The summed E-state index contributed by atoms with van der Waals surface area (Å²) in [6, 6.07) is 8.03. The topological polar surface area (TPSA) is 76.7 Å². The molecule has 0 atom stereocenters. The second kappa shape index (κ2) is 10.1. The number of carbonyl (C=O) groups is 1. The lowest BCUT2D eigenvalue weighted by molar-refractivity contribution is 0.166. The first-order valence-electron chi connectivity index (χ1n) is 6.99. The summed E-state index contributed by atoms with van der Waals surface area (Å²) in [7, 11) is 0. The van der Waals surface area contributed by atoms with E-state index in [1.165, 1.54) is 11.3 Å². The zero-order chi connectivity index (χ0) is 19.0. The Balaban J connectivity index is 0.00000151. The molecule has 1 heterocycles. The van der Waals surface area contributed by atoms with E-state index in [-0.39, 0.29) is 5.84 Å². The first kappa shape index (κ1) is 21.9. The van der Waals surface area contributed by atoms with Gasteiger partial charge >= 0.3 is 6.09 Å². The molecule has 0 aliphatic rings. The molecule has 1 aromatic carbocycles. The Morgan fingerprint density at radius 1 is 1.24 bits per heavy atom. The number of amidine groups is 1. The van der Waals surface area contributed by atoms with Gasteiger partial charge in [-0.1, -0.05) is 65.4 Å². The van der Waals surface area contributed by atoms with Crippen LogP contribution >= 0.6 is 57.7 Å². The lowest BCUT2D eigenvalue weighted by Gasteiger charge is -2.06. The van der Waals surface area contributed by atoms with E-state index >= 15 is 0 Å². The summed E-state index contributed by atoms with van der Waals surface area (Å²) < 4.78 is -1.55. The number of benzene rings is 1. The second-order valence-corrected chi connectivity index (χ2v) is 7.81. The molecule has 3 N–H and O–H groups in total. The lowest BCUT2D eigenvalue weighted by Crippen LogP contribution is -2.17. The van der Waals surface area contributed by atoms with Gasteiger partial charge in [0.25, 0.3) is 0 Å². The molecule has 25 heavy (non-hydrogen) atoms. The Morgan fingerprint density at radius 2 is 1.84 bits per heavy atom. The predicted octanol–water partition coefficient (Wildman–Crippen LogP) is 6.12. The maximum absolute atomic E-state index is 11.6. The van der Waals surface area contributed by atoms with Gasteiger partial charge in [0, 0.05) is 21.7 Å². The van der Waals surface area contributed by atoms with Crippen molar-refractivity contribution in [3.8, 4) is 0 Å². The smallest absolute Gasteiger partial charge is 0.380 e. The highest BCUT2D eigenvalue weighted by Crippen LogP contribution is 2.41. The molecule has 136 valence electrons. The average molecular weight is 443 g/mol. The van der Waals surface area contributed by atoms with E-state index in [1.54, 1.807) is 35.7 Å². The molecule has 0 saturated carbocycles. The molecule has 0 aliphatic carbocycles. The number of thiophene rings is 1. The van der Waals surface area contributed by atoms with Crippen molar-refractivity contribution in [3.05, 3.63) is 51.2 Å². The maximum Gasteiger partial charge on any atom is 0.437 e. The van der Waals surface area contributed by atoms with Crippen molar-refractivity contribution < 1.29 is 9.63 Å². The summed E-state index contributed by atoms with van der Waals surface area (Å²) in [6.07, 6.45) is -0.799. The van der Waals surface area contributed by atoms with Crippen LogP contribution in [0.2, 0.25) is 5.02 Å². The fraction of sp³-hybridized carbons (Fsp3) is 0.200. The maximum atomic E-state index is 11.6. The Kier molecular flexibility index (Phi) is 8.82. The largest absolute Gasteiger partial charge is 0.437 e. The highest BCUT2D eigenvalue weighted by Gasteiger charge is 2.25. The van der Waals surface area contributed by atoms with Crippen LogP contribution in [0.15, 0.2) is 40.9 Å². The summed E-state index contributed by atoms with van der Waals surface area (Å²) in [5, 5.41) is 8.18. The average Bonchev–Trinajstić information content (AvgIpc) is 3.07. The van der Waals surface area contributed by atoms with Crippen LogP contribution in [-0.4, -0.2) is 11.9 Å². The molecule has 0 unspecified atom stereocenters. The van der Waals surface area contributed by atoms with Crippen molar-refractivity contribution >= 4 is 75.4 Å². The van der Waals surface area contributed by atoms with Gasteiger partial charge in [0.2, 0.25) is 3.79 Å². The molecule has 5 nitrogen and oxygen atoms in total. The van der Waals surface area contributed by atoms with Crippen molar-refractivity contribution in [2.24, 2.45) is 10.9 Å². The highest BCUT2D eigenvalue weighted by molar-refractivity contribution is 7.11. The molecule has 0 saturated heterocycles. The van der Waals surface area contributed by atoms with Crippen LogP contribution in [0.1, 0.15) is 24.3 Å². The van der Waals surface area contributed by atoms with Gasteiger partial charge in [0.1, 0.15) is 0 Å². The third-order valence-electron chi connectivity index (χ3n) is 2.49. The van der Waals surface area contributed by atoms with E-state index in [0.717, 1.165) is 0 Å². The monoisotopic (exact) mass is 441 g/mol. The van der Waals surface area contributed by atoms with E-state index in [0.29, 0.717) is 21.2 Å². The first-order valence-corrected chi connectivity index (χ1v) is 9.38.